The molecule has 0 spiro atoms. The first-order chi connectivity index (χ1) is 20.3. The van der Waals surface area contributed by atoms with Gasteiger partial charge in [-0.05, 0) is 50.5 Å². The molecule has 1 saturated heterocycles. The highest BCUT2D eigenvalue weighted by Gasteiger charge is 2.27. The molecule has 1 aliphatic rings. The molecular weight excluding hydrogens is 615 g/mol. The van der Waals surface area contributed by atoms with Crippen molar-refractivity contribution in [1.82, 2.24) is 29.2 Å². The Kier molecular flexibility index (Phi) is 8.59. The van der Waals surface area contributed by atoms with Gasteiger partial charge in [-0.3, -0.25) is 19.1 Å². The minimum Gasteiger partial charge on any atom is -0.377 e. The molecule has 2 N–H and O–H groups in total. The van der Waals surface area contributed by atoms with Gasteiger partial charge in [0.15, 0.2) is 5.69 Å². The number of carbonyl (C=O) groups excluding carboxylic acids is 1. The second-order valence-corrected chi connectivity index (χ2v) is 13.2. The molecule has 15 heteroatoms. The Morgan fingerprint density at radius 2 is 1.88 bits per heavy atom. The molecule has 4 aromatic rings. The van der Waals surface area contributed by atoms with Crippen molar-refractivity contribution in [2.45, 2.75) is 38.6 Å². The van der Waals surface area contributed by atoms with E-state index in [1.807, 2.05) is 30.7 Å². The maximum Gasteiger partial charge on any atom is 0.285 e. The third kappa shape index (κ3) is 6.73. The van der Waals surface area contributed by atoms with Crippen LogP contribution in [0.4, 0.5) is 11.6 Å². The zero-order valence-corrected chi connectivity index (χ0v) is 26.3. The first kappa shape index (κ1) is 30.6. The van der Waals surface area contributed by atoms with Crippen LogP contribution in [0.5, 0.6) is 0 Å². The third-order valence-electron chi connectivity index (χ3n) is 7.29. The van der Waals surface area contributed by atoms with Gasteiger partial charge in [0.1, 0.15) is 10.3 Å². The summed E-state index contributed by atoms with van der Waals surface area (Å²) >= 11 is 12.0. The van der Waals surface area contributed by atoms with Crippen molar-refractivity contribution in [3.05, 3.63) is 79.8 Å². The summed E-state index contributed by atoms with van der Waals surface area (Å²) < 4.78 is 26.9. The Bertz CT molecular complexity index is 1880. The van der Waals surface area contributed by atoms with E-state index in [1.54, 1.807) is 23.9 Å². The fourth-order valence-electron chi connectivity index (χ4n) is 5.34. The normalized spacial score (nSPS) is 16.2. The largest absolute Gasteiger partial charge is 0.377 e. The van der Waals surface area contributed by atoms with E-state index < -0.39 is 22.0 Å². The molecule has 0 unspecified atom stereocenters. The van der Waals surface area contributed by atoms with Gasteiger partial charge in [0.05, 0.1) is 47.0 Å². The lowest BCUT2D eigenvalue weighted by molar-refractivity contribution is 0.0977. The Balaban J connectivity index is 1.53. The molecule has 1 amide bonds. The van der Waals surface area contributed by atoms with Gasteiger partial charge in [0, 0.05) is 31.6 Å². The van der Waals surface area contributed by atoms with Gasteiger partial charge < -0.3 is 10.2 Å². The summed E-state index contributed by atoms with van der Waals surface area (Å²) in [5, 5.41) is 4.05. The number of pyridine rings is 1. The van der Waals surface area contributed by atoms with Crippen molar-refractivity contribution in [3.8, 4) is 0 Å². The molecule has 0 bridgehead atoms. The number of aryl methyl sites for hydroxylation is 1. The number of amides is 1. The minimum absolute atomic E-state index is 0.0251. The Morgan fingerprint density at radius 1 is 1.12 bits per heavy atom. The number of halogens is 2. The average Bonchev–Trinajstić information content (AvgIpc) is 2.95. The zero-order valence-electron chi connectivity index (χ0n) is 23.9. The van der Waals surface area contributed by atoms with Gasteiger partial charge in [-0.15, -0.1) is 0 Å². The van der Waals surface area contributed by atoms with Gasteiger partial charge in [-0.1, -0.05) is 29.3 Å². The lowest BCUT2D eigenvalue weighted by atomic mass is 9.95. The minimum atomic E-state index is -3.84. The number of aromatic nitrogens is 5. The van der Waals surface area contributed by atoms with Crippen LogP contribution >= 0.6 is 23.2 Å². The van der Waals surface area contributed by atoms with Crippen LogP contribution in [0.25, 0.3) is 10.9 Å². The number of carbonyl (C=O) groups is 1. The number of hydrogen-bond donors (Lipinski definition) is 2. The molecule has 0 saturated carbocycles. The second-order valence-electron chi connectivity index (χ2n) is 10.7. The zero-order chi connectivity index (χ0) is 31.1. The molecule has 2 atom stereocenters. The van der Waals surface area contributed by atoms with Crippen molar-refractivity contribution in [3.63, 3.8) is 0 Å². The second kappa shape index (κ2) is 12.1. The monoisotopic (exact) mass is 644 g/mol. The van der Waals surface area contributed by atoms with Crippen molar-refractivity contribution in [1.29, 1.82) is 0 Å². The van der Waals surface area contributed by atoms with Crippen molar-refractivity contribution < 1.29 is 13.2 Å². The van der Waals surface area contributed by atoms with E-state index in [2.05, 4.69) is 25.2 Å². The topological polar surface area (TPSA) is 152 Å². The standard InChI is InChI=1S/C28H30Cl2N8O4S/c1-15-10-18(16(2)33-20-7-8-22(29)34-25(20)26(39)36-43(4,41)42)24-19(11-15)27(40)37(3)28(35-24)38-9-5-6-17(14-38)21-12-32-23(30)13-31-21/h7-8,10-13,16-17,33H,5-6,9,14H2,1-4H3,(H,36,39)/t16-,17-/m1/s1. The van der Waals surface area contributed by atoms with E-state index in [4.69, 9.17) is 28.2 Å². The molecular formula is C28H30Cl2N8O4S. The summed E-state index contributed by atoms with van der Waals surface area (Å²) in [5.74, 6) is -0.297. The van der Waals surface area contributed by atoms with Crippen molar-refractivity contribution >= 4 is 61.7 Å². The van der Waals surface area contributed by atoms with Crippen LogP contribution in [0.3, 0.4) is 0 Å². The highest BCUT2D eigenvalue weighted by Crippen LogP contribution is 2.31. The van der Waals surface area contributed by atoms with Gasteiger partial charge in [-0.2, -0.15) is 0 Å². The van der Waals surface area contributed by atoms with Crippen LogP contribution in [-0.2, 0) is 17.1 Å². The first-order valence-electron chi connectivity index (χ1n) is 13.5. The van der Waals surface area contributed by atoms with E-state index in [0.29, 0.717) is 35.1 Å². The molecule has 5 rings (SSSR count). The molecule has 0 radical (unpaired) electrons. The molecule has 4 heterocycles. The third-order valence-corrected chi connectivity index (χ3v) is 8.25. The SMILES string of the molecule is Cc1cc([C@@H](C)Nc2ccc(Cl)nc2C(=O)NS(C)(=O)=O)c2nc(N3CCC[C@@H](c4cnc(Cl)cn4)C3)n(C)c(=O)c2c1. The van der Waals surface area contributed by atoms with E-state index in [-0.39, 0.29) is 28.0 Å². The number of piperidine rings is 1. The summed E-state index contributed by atoms with van der Waals surface area (Å²) in [4.78, 5) is 46.2. The van der Waals surface area contributed by atoms with Crippen LogP contribution in [-0.4, -0.2) is 58.2 Å². The van der Waals surface area contributed by atoms with Crippen molar-refractivity contribution in [2.75, 3.05) is 29.6 Å². The summed E-state index contributed by atoms with van der Waals surface area (Å²) in [6, 6.07) is 6.31. The highest BCUT2D eigenvalue weighted by atomic mass is 35.5. The van der Waals surface area contributed by atoms with Gasteiger partial charge in [0.2, 0.25) is 16.0 Å². The smallest absolute Gasteiger partial charge is 0.285 e. The Morgan fingerprint density at radius 3 is 2.58 bits per heavy atom. The van der Waals surface area contributed by atoms with E-state index in [1.165, 1.54) is 12.3 Å². The fraction of sp³-hybridized carbons (Fsp3) is 0.357. The van der Waals surface area contributed by atoms with Crippen LogP contribution in [0.15, 0.2) is 41.5 Å². The first-order valence-corrected chi connectivity index (χ1v) is 16.1. The van der Waals surface area contributed by atoms with E-state index in [9.17, 15) is 18.0 Å². The van der Waals surface area contributed by atoms with Crippen LogP contribution in [0.1, 0.15) is 59.0 Å². The number of hydrogen-bond acceptors (Lipinski definition) is 10. The highest BCUT2D eigenvalue weighted by molar-refractivity contribution is 7.89. The molecule has 1 fully saturated rings. The molecule has 43 heavy (non-hydrogen) atoms. The summed E-state index contributed by atoms with van der Waals surface area (Å²) in [6.07, 6.45) is 5.90. The molecule has 3 aromatic heterocycles. The predicted octanol–water partition coefficient (Wildman–Crippen LogP) is 3.98. The Hall–Kier alpha value is -3.81. The van der Waals surface area contributed by atoms with E-state index >= 15 is 0 Å². The van der Waals surface area contributed by atoms with Gasteiger partial charge in [0.25, 0.3) is 11.5 Å². The van der Waals surface area contributed by atoms with Crippen LogP contribution < -0.4 is 20.5 Å². The number of rotatable bonds is 7. The molecule has 1 aliphatic heterocycles. The fourth-order valence-corrected chi connectivity index (χ4v) is 6.02. The van der Waals surface area contributed by atoms with Crippen molar-refractivity contribution in [2.24, 2.45) is 7.05 Å². The lowest BCUT2D eigenvalue weighted by Gasteiger charge is -2.34. The van der Waals surface area contributed by atoms with Gasteiger partial charge in [-0.25, -0.2) is 28.1 Å². The lowest BCUT2D eigenvalue weighted by Crippen LogP contribution is -2.39. The number of sulfonamides is 1. The predicted molar refractivity (Wildman–Crippen MR) is 167 cm³/mol. The number of anilines is 2. The maximum atomic E-state index is 13.7. The van der Waals surface area contributed by atoms with Gasteiger partial charge >= 0.3 is 0 Å². The number of benzene rings is 1. The summed E-state index contributed by atoms with van der Waals surface area (Å²) in [7, 11) is -2.13. The number of fused-ring (bicyclic) bond motifs is 1. The quantitative estimate of drug-likeness (QED) is 0.283. The summed E-state index contributed by atoms with van der Waals surface area (Å²) in [5.41, 5.74) is 2.81. The van der Waals surface area contributed by atoms with E-state index in [0.717, 1.165) is 35.9 Å². The van der Waals surface area contributed by atoms with Crippen LogP contribution in [0, 0.1) is 6.92 Å². The molecule has 0 aliphatic carbocycles. The Labute approximate surface area is 258 Å². The number of nitrogens with zero attached hydrogens (tertiary/aromatic N) is 6. The van der Waals surface area contributed by atoms with Crippen LogP contribution in [0.2, 0.25) is 10.3 Å². The maximum absolute atomic E-state index is 13.7. The average molecular weight is 646 g/mol. The molecule has 12 nitrogen and oxygen atoms in total. The number of nitrogens with one attached hydrogen (secondary N) is 2. The summed E-state index contributed by atoms with van der Waals surface area (Å²) in [6.45, 7) is 5.07. The molecule has 226 valence electrons. The molecule has 1 aromatic carbocycles.